The van der Waals surface area contributed by atoms with Gasteiger partial charge in [0.05, 0.1) is 12.0 Å². The summed E-state index contributed by atoms with van der Waals surface area (Å²) in [4.78, 5) is 33.5. The van der Waals surface area contributed by atoms with Crippen LogP contribution >= 0.6 is 0 Å². The first-order chi connectivity index (χ1) is 7.59. The highest BCUT2D eigenvalue weighted by Gasteiger charge is 2.33. The van der Waals surface area contributed by atoms with Crippen LogP contribution in [0.5, 0.6) is 0 Å². The van der Waals surface area contributed by atoms with Crippen molar-refractivity contribution in [1.29, 1.82) is 0 Å². The van der Waals surface area contributed by atoms with E-state index in [0.717, 1.165) is 0 Å². The maximum Gasteiger partial charge on any atom is 0.336 e. The van der Waals surface area contributed by atoms with E-state index in [1.165, 1.54) is 12.1 Å². The summed E-state index contributed by atoms with van der Waals surface area (Å²) in [5, 5.41) is 11.4. The minimum atomic E-state index is -1.11. The molecule has 0 aliphatic carbocycles. The molecule has 0 aromatic heterocycles. The Morgan fingerprint density at radius 3 is 2.56 bits per heavy atom. The lowest BCUT2D eigenvalue weighted by Gasteiger charge is -2.11. The number of rotatable bonds is 2. The van der Waals surface area contributed by atoms with Crippen LogP contribution in [0.25, 0.3) is 0 Å². The van der Waals surface area contributed by atoms with Gasteiger partial charge in [0.15, 0.2) is 5.78 Å². The molecule has 1 unspecified atom stereocenters. The fourth-order valence-electron chi connectivity index (χ4n) is 1.75. The molecule has 1 amide bonds. The van der Waals surface area contributed by atoms with Crippen molar-refractivity contribution >= 4 is 17.7 Å². The largest absolute Gasteiger partial charge is 0.478 e. The Morgan fingerprint density at radius 2 is 2.00 bits per heavy atom. The standard InChI is InChI=1S/C11H9NO4/c13-8-5-9(14)12-10(8)6-3-1-2-4-7(6)11(15)16/h1-4,10H,5H2,(H,12,14)(H,15,16). The molecular formula is C11H9NO4. The number of carboxylic acid groups (broad SMARTS) is 1. The molecular weight excluding hydrogens is 210 g/mol. The predicted molar refractivity (Wildman–Crippen MR) is 53.9 cm³/mol. The van der Waals surface area contributed by atoms with Crippen LogP contribution in [0.15, 0.2) is 24.3 Å². The Labute approximate surface area is 91.1 Å². The van der Waals surface area contributed by atoms with Gasteiger partial charge in [0, 0.05) is 0 Å². The van der Waals surface area contributed by atoms with Gasteiger partial charge in [-0.1, -0.05) is 18.2 Å². The summed E-state index contributed by atoms with van der Waals surface area (Å²) in [6.07, 6.45) is -0.182. The molecule has 1 fully saturated rings. The highest BCUT2D eigenvalue weighted by Crippen LogP contribution is 2.23. The van der Waals surface area contributed by atoms with E-state index < -0.39 is 12.0 Å². The van der Waals surface area contributed by atoms with Crippen LogP contribution in [0.4, 0.5) is 0 Å². The van der Waals surface area contributed by atoms with E-state index in [-0.39, 0.29) is 23.7 Å². The van der Waals surface area contributed by atoms with Crippen molar-refractivity contribution < 1.29 is 19.5 Å². The normalized spacial score (nSPS) is 19.6. The summed E-state index contributed by atoms with van der Waals surface area (Å²) in [5.74, 6) is -1.77. The van der Waals surface area contributed by atoms with Gasteiger partial charge in [-0.3, -0.25) is 9.59 Å². The SMILES string of the molecule is O=C1CC(=O)C(c2ccccc2C(=O)O)N1. The number of benzene rings is 1. The van der Waals surface area contributed by atoms with Gasteiger partial charge in [0.2, 0.25) is 5.91 Å². The van der Waals surface area contributed by atoms with Crippen LogP contribution in [0.3, 0.4) is 0 Å². The van der Waals surface area contributed by atoms with E-state index in [1.54, 1.807) is 12.1 Å². The molecule has 0 bridgehead atoms. The number of aromatic carboxylic acids is 1. The second-order valence-electron chi connectivity index (χ2n) is 3.54. The van der Waals surface area contributed by atoms with E-state index in [9.17, 15) is 14.4 Å². The molecule has 1 aromatic rings. The molecule has 1 aromatic carbocycles. The fourth-order valence-corrected chi connectivity index (χ4v) is 1.75. The zero-order chi connectivity index (χ0) is 11.7. The van der Waals surface area contributed by atoms with Crippen LogP contribution in [-0.2, 0) is 9.59 Å². The topological polar surface area (TPSA) is 83.5 Å². The van der Waals surface area contributed by atoms with E-state index in [1.807, 2.05) is 0 Å². The third-order valence-electron chi connectivity index (χ3n) is 2.46. The number of carboxylic acids is 1. The van der Waals surface area contributed by atoms with Gasteiger partial charge < -0.3 is 10.4 Å². The summed E-state index contributed by atoms with van der Waals surface area (Å²) in [6, 6.07) is 5.35. The average molecular weight is 219 g/mol. The van der Waals surface area contributed by atoms with E-state index >= 15 is 0 Å². The van der Waals surface area contributed by atoms with Crippen LogP contribution in [0.1, 0.15) is 28.4 Å². The maximum absolute atomic E-state index is 11.5. The van der Waals surface area contributed by atoms with Crippen molar-refractivity contribution in [3.05, 3.63) is 35.4 Å². The fraction of sp³-hybridized carbons (Fsp3) is 0.182. The Bertz CT molecular complexity index is 481. The molecule has 16 heavy (non-hydrogen) atoms. The molecule has 0 radical (unpaired) electrons. The summed E-state index contributed by atoms with van der Waals surface area (Å²) in [6.45, 7) is 0. The van der Waals surface area contributed by atoms with Gasteiger partial charge in [0.1, 0.15) is 6.04 Å². The zero-order valence-corrected chi connectivity index (χ0v) is 8.27. The van der Waals surface area contributed by atoms with Crippen molar-refractivity contribution in [3.8, 4) is 0 Å². The van der Waals surface area contributed by atoms with E-state index in [4.69, 9.17) is 5.11 Å². The quantitative estimate of drug-likeness (QED) is 0.710. The average Bonchev–Trinajstić information content (AvgIpc) is 2.57. The van der Waals surface area contributed by atoms with Gasteiger partial charge >= 0.3 is 5.97 Å². The zero-order valence-electron chi connectivity index (χ0n) is 8.27. The summed E-state index contributed by atoms with van der Waals surface area (Å²) in [5.41, 5.74) is 0.383. The van der Waals surface area contributed by atoms with Crippen LogP contribution < -0.4 is 5.32 Å². The molecule has 1 atom stereocenters. The van der Waals surface area contributed by atoms with Crippen LogP contribution in [-0.4, -0.2) is 22.8 Å². The van der Waals surface area contributed by atoms with Crippen molar-refractivity contribution in [2.75, 3.05) is 0 Å². The minimum absolute atomic E-state index is 0.0445. The number of nitrogens with one attached hydrogen (secondary N) is 1. The molecule has 0 saturated carbocycles. The molecule has 1 aliphatic heterocycles. The molecule has 0 spiro atoms. The third kappa shape index (κ3) is 1.67. The Morgan fingerprint density at radius 1 is 1.31 bits per heavy atom. The van der Waals surface area contributed by atoms with Gasteiger partial charge in [-0.15, -0.1) is 0 Å². The lowest BCUT2D eigenvalue weighted by atomic mass is 9.98. The molecule has 1 saturated heterocycles. The Balaban J connectivity index is 2.44. The number of carbonyl (C=O) groups is 3. The smallest absolute Gasteiger partial charge is 0.336 e. The van der Waals surface area contributed by atoms with Gasteiger partial charge in [0.25, 0.3) is 0 Å². The van der Waals surface area contributed by atoms with E-state index in [0.29, 0.717) is 5.56 Å². The minimum Gasteiger partial charge on any atom is -0.478 e. The van der Waals surface area contributed by atoms with Crippen LogP contribution in [0.2, 0.25) is 0 Å². The Hall–Kier alpha value is -2.17. The van der Waals surface area contributed by atoms with Gasteiger partial charge in [-0.25, -0.2) is 4.79 Å². The number of carbonyl (C=O) groups excluding carboxylic acids is 2. The van der Waals surface area contributed by atoms with Gasteiger partial charge in [-0.2, -0.15) is 0 Å². The third-order valence-corrected chi connectivity index (χ3v) is 2.46. The van der Waals surface area contributed by atoms with Crippen molar-refractivity contribution in [2.24, 2.45) is 0 Å². The number of hydrogen-bond acceptors (Lipinski definition) is 3. The molecule has 5 heteroatoms. The van der Waals surface area contributed by atoms with Crippen LogP contribution in [0, 0.1) is 0 Å². The lowest BCUT2D eigenvalue weighted by Crippen LogP contribution is -2.22. The summed E-state index contributed by atoms with van der Waals surface area (Å²) in [7, 11) is 0. The Kier molecular flexibility index (Phi) is 2.44. The molecule has 82 valence electrons. The van der Waals surface area contributed by atoms with Crippen molar-refractivity contribution in [2.45, 2.75) is 12.5 Å². The first-order valence-electron chi connectivity index (χ1n) is 4.74. The van der Waals surface area contributed by atoms with E-state index in [2.05, 4.69) is 5.32 Å². The first-order valence-corrected chi connectivity index (χ1v) is 4.74. The molecule has 1 heterocycles. The highest BCUT2D eigenvalue weighted by atomic mass is 16.4. The predicted octanol–water partition coefficient (Wildman–Crippen LogP) is 0.515. The number of ketones is 1. The number of Topliss-reactive ketones (excluding diaryl/α,β-unsaturated/α-hetero) is 1. The number of hydrogen-bond donors (Lipinski definition) is 2. The summed E-state index contributed by atoms with van der Waals surface area (Å²) < 4.78 is 0. The second kappa shape index (κ2) is 3.77. The molecule has 2 rings (SSSR count). The number of amides is 1. The summed E-state index contributed by atoms with van der Waals surface area (Å²) >= 11 is 0. The lowest BCUT2D eigenvalue weighted by molar-refractivity contribution is -0.122. The molecule has 1 aliphatic rings. The maximum atomic E-state index is 11.5. The second-order valence-corrected chi connectivity index (χ2v) is 3.54. The van der Waals surface area contributed by atoms with Gasteiger partial charge in [-0.05, 0) is 11.6 Å². The monoisotopic (exact) mass is 219 g/mol. The molecule has 5 nitrogen and oxygen atoms in total. The highest BCUT2D eigenvalue weighted by molar-refractivity contribution is 6.08. The van der Waals surface area contributed by atoms with Crippen molar-refractivity contribution in [3.63, 3.8) is 0 Å². The first kappa shape index (κ1) is 10.4. The molecule has 2 N–H and O–H groups in total. The van der Waals surface area contributed by atoms with Crippen molar-refractivity contribution in [1.82, 2.24) is 5.32 Å².